The van der Waals surface area contributed by atoms with Gasteiger partial charge in [-0.15, -0.1) is 0 Å². The van der Waals surface area contributed by atoms with Gasteiger partial charge < -0.3 is 5.11 Å². The second-order valence-corrected chi connectivity index (χ2v) is 9.09. The van der Waals surface area contributed by atoms with Gasteiger partial charge in [-0.3, -0.25) is 9.59 Å². The number of carbonyl (C=O) groups is 2. The van der Waals surface area contributed by atoms with Crippen LogP contribution in [0.3, 0.4) is 0 Å². The van der Waals surface area contributed by atoms with Crippen LogP contribution in [0.15, 0.2) is 11.6 Å². The maximum Gasteiger partial charge on any atom is 0.155 e. The SMILES string of the molecule is CC(=O)[C@H]1CC[C@H]2[C@@H]3CC(CO)C4=CC(=O)CC[C@@H]4[C@H]3CC[C@]12C. The molecule has 3 fully saturated rings. The van der Waals surface area contributed by atoms with E-state index in [0.29, 0.717) is 35.9 Å². The second-order valence-electron chi connectivity index (χ2n) is 9.09. The number of hydrogen-bond donors (Lipinski definition) is 1. The van der Waals surface area contributed by atoms with E-state index in [4.69, 9.17) is 0 Å². The largest absolute Gasteiger partial charge is 0.396 e. The molecular formula is C21H30O3. The average Bonchev–Trinajstić information content (AvgIpc) is 2.91. The van der Waals surface area contributed by atoms with Crippen molar-refractivity contribution in [3.05, 3.63) is 11.6 Å². The molecule has 1 unspecified atom stereocenters. The van der Waals surface area contributed by atoms with Gasteiger partial charge in [0.05, 0.1) is 0 Å². The Morgan fingerprint density at radius 3 is 2.75 bits per heavy atom. The van der Waals surface area contributed by atoms with E-state index in [1.54, 1.807) is 6.92 Å². The summed E-state index contributed by atoms with van der Waals surface area (Å²) in [6.45, 7) is 4.30. The molecular weight excluding hydrogens is 300 g/mol. The summed E-state index contributed by atoms with van der Waals surface area (Å²) >= 11 is 0. The smallest absolute Gasteiger partial charge is 0.155 e. The summed E-state index contributed by atoms with van der Waals surface area (Å²) in [6.07, 6.45) is 9.10. The molecule has 3 saturated carbocycles. The van der Waals surface area contributed by atoms with E-state index in [1.807, 2.05) is 6.08 Å². The fraction of sp³-hybridized carbons (Fsp3) is 0.810. The lowest BCUT2D eigenvalue weighted by Crippen LogP contribution is -2.49. The minimum Gasteiger partial charge on any atom is -0.396 e. The van der Waals surface area contributed by atoms with Gasteiger partial charge in [0.25, 0.3) is 0 Å². The van der Waals surface area contributed by atoms with Gasteiger partial charge >= 0.3 is 0 Å². The zero-order chi connectivity index (χ0) is 17.1. The third kappa shape index (κ3) is 2.27. The number of carbonyl (C=O) groups excluding carboxylic acids is 2. The molecule has 0 heterocycles. The lowest BCUT2D eigenvalue weighted by molar-refractivity contribution is -0.127. The van der Waals surface area contributed by atoms with E-state index in [0.717, 1.165) is 25.7 Å². The number of ketones is 2. The third-order valence-electron chi connectivity index (χ3n) is 8.21. The fourth-order valence-electron chi connectivity index (χ4n) is 7.18. The molecule has 4 rings (SSSR count). The molecule has 0 aromatic carbocycles. The topological polar surface area (TPSA) is 54.4 Å². The highest BCUT2D eigenvalue weighted by Gasteiger charge is 2.58. The number of hydrogen-bond acceptors (Lipinski definition) is 3. The molecule has 7 atom stereocenters. The molecule has 0 saturated heterocycles. The number of aliphatic hydroxyl groups excluding tert-OH is 1. The molecule has 0 amide bonds. The van der Waals surface area contributed by atoms with Gasteiger partial charge in [-0.1, -0.05) is 12.5 Å². The molecule has 1 N–H and O–H groups in total. The van der Waals surface area contributed by atoms with Crippen LogP contribution in [0.2, 0.25) is 0 Å². The number of fused-ring (bicyclic) bond motifs is 5. The van der Waals surface area contributed by atoms with Crippen molar-refractivity contribution in [1.29, 1.82) is 0 Å². The number of rotatable bonds is 2. The average molecular weight is 330 g/mol. The standard InChI is InChI=1S/C21H30O3/c1-12(23)19-5-6-20-18-9-13(11-22)17-10-14(24)3-4-15(17)16(18)7-8-21(19,20)2/h10,13,15-16,18-20,22H,3-9,11H2,1-2H3/t13?,15-,16-,18-,19-,20+,21-/m1/s1. The van der Waals surface area contributed by atoms with Crippen molar-refractivity contribution in [3.63, 3.8) is 0 Å². The van der Waals surface area contributed by atoms with Crippen LogP contribution < -0.4 is 0 Å². The molecule has 4 aliphatic carbocycles. The molecule has 132 valence electrons. The van der Waals surface area contributed by atoms with E-state index in [2.05, 4.69) is 6.92 Å². The number of aliphatic hydroxyl groups is 1. The van der Waals surface area contributed by atoms with Crippen molar-refractivity contribution in [2.75, 3.05) is 6.61 Å². The quantitative estimate of drug-likeness (QED) is 0.842. The summed E-state index contributed by atoms with van der Waals surface area (Å²) in [5.41, 5.74) is 1.42. The highest BCUT2D eigenvalue weighted by atomic mass is 16.3. The van der Waals surface area contributed by atoms with Gasteiger partial charge in [0.2, 0.25) is 0 Å². The highest BCUT2D eigenvalue weighted by molar-refractivity contribution is 5.91. The van der Waals surface area contributed by atoms with Gasteiger partial charge in [0, 0.05) is 24.9 Å². The predicted octanol–water partition coefficient (Wildman–Crippen LogP) is 3.55. The first-order chi connectivity index (χ1) is 11.5. The first-order valence-electron chi connectivity index (χ1n) is 9.81. The fourth-order valence-corrected chi connectivity index (χ4v) is 7.18. The monoisotopic (exact) mass is 330 g/mol. The normalized spacial score (nSPS) is 47.5. The predicted molar refractivity (Wildman–Crippen MR) is 92.2 cm³/mol. The number of Topliss-reactive ketones (excluding diaryl/α,β-unsaturated/α-hetero) is 1. The van der Waals surface area contributed by atoms with Crippen LogP contribution in [-0.2, 0) is 9.59 Å². The highest BCUT2D eigenvalue weighted by Crippen LogP contribution is 2.64. The molecule has 0 aromatic rings. The van der Waals surface area contributed by atoms with Gasteiger partial charge in [-0.25, -0.2) is 0 Å². The lowest BCUT2D eigenvalue weighted by Gasteiger charge is -2.55. The van der Waals surface area contributed by atoms with E-state index in [1.165, 1.54) is 18.4 Å². The lowest BCUT2D eigenvalue weighted by atomic mass is 9.49. The van der Waals surface area contributed by atoms with Crippen LogP contribution >= 0.6 is 0 Å². The van der Waals surface area contributed by atoms with Crippen LogP contribution in [0.25, 0.3) is 0 Å². The maximum absolute atomic E-state index is 12.2. The van der Waals surface area contributed by atoms with E-state index >= 15 is 0 Å². The van der Waals surface area contributed by atoms with Crippen molar-refractivity contribution in [1.82, 2.24) is 0 Å². The molecule has 4 aliphatic rings. The molecule has 0 aromatic heterocycles. The van der Waals surface area contributed by atoms with Crippen molar-refractivity contribution in [2.24, 2.45) is 40.9 Å². The van der Waals surface area contributed by atoms with Crippen molar-refractivity contribution >= 4 is 11.6 Å². The molecule has 0 bridgehead atoms. The molecule has 0 spiro atoms. The van der Waals surface area contributed by atoms with E-state index in [9.17, 15) is 14.7 Å². The summed E-state index contributed by atoms with van der Waals surface area (Å²) in [5.74, 6) is 3.43. The van der Waals surface area contributed by atoms with Crippen LogP contribution in [0.5, 0.6) is 0 Å². The Bertz CT molecular complexity index is 592. The molecule has 24 heavy (non-hydrogen) atoms. The van der Waals surface area contributed by atoms with E-state index < -0.39 is 0 Å². The van der Waals surface area contributed by atoms with Crippen LogP contribution in [0.4, 0.5) is 0 Å². The first kappa shape index (κ1) is 16.5. The van der Waals surface area contributed by atoms with Gasteiger partial charge in [0.15, 0.2) is 5.78 Å². The Morgan fingerprint density at radius 1 is 1.25 bits per heavy atom. The minimum absolute atomic E-state index is 0.165. The zero-order valence-electron chi connectivity index (χ0n) is 15.0. The molecule has 3 heteroatoms. The van der Waals surface area contributed by atoms with Crippen molar-refractivity contribution in [3.8, 4) is 0 Å². The summed E-state index contributed by atoms with van der Waals surface area (Å²) in [5, 5.41) is 9.95. The summed E-state index contributed by atoms with van der Waals surface area (Å²) < 4.78 is 0. The maximum atomic E-state index is 12.2. The molecule has 3 nitrogen and oxygen atoms in total. The van der Waals surface area contributed by atoms with Crippen LogP contribution in [0, 0.1) is 40.9 Å². The summed E-state index contributed by atoms with van der Waals surface area (Å²) in [4.78, 5) is 24.1. The summed E-state index contributed by atoms with van der Waals surface area (Å²) in [7, 11) is 0. The van der Waals surface area contributed by atoms with Gasteiger partial charge in [-0.2, -0.15) is 0 Å². The molecule has 0 radical (unpaired) electrons. The second kappa shape index (κ2) is 5.79. The summed E-state index contributed by atoms with van der Waals surface area (Å²) in [6, 6.07) is 0. The Balaban J connectivity index is 1.67. The van der Waals surface area contributed by atoms with Gasteiger partial charge in [-0.05, 0) is 80.6 Å². The van der Waals surface area contributed by atoms with Gasteiger partial charge in [0.1, 0.15) is 5.78 Å². The third-order valence-corrected chi connectivity index (χ3v) is 8.21. The zero-order valence-corrected chi connectivity index (χ0v) is 15.0. The Labute approximate surface area is 144 Å². The van der Waals surface area contributed by atoms with Crippen LogP contribution in [-0.4, -0.2) is 23.3 Å². The van der Waals surface area contributed by atoms with Crippen molar-refractivity contribution in [2.45, 2.75) is 58.8 Å². The molecule has 0 aliphatic heterocycles. The van der Waals surface area contributed by atoms with E-state index in [-0.39, 0.29) is 29.6 Å². The Kier molecular flexibility index (Phi) is 3.98. The first-order valence-corrected chi connectivity index (χ1v) is 9.81. The minimum atomic E-state index is 0.165. The van der Waals surface area contributed by atoms with Crippen LogP contribution in [0.1, 0.15) is 58.8 Å². The van der Waals surface area contributed by atoms with Crippen molar-refractivity contribution < 1.29 is 14.7 Å². The Hall–Kier alpha value is -0.960. The Morgan fingerprint density at radius 2 is 2.04 bits per heavy atom.